The molecule has 2 rings (SSSR count). The molecular weight excluding hydrogens is 254 g/mol. The maximum Gasteiger partial charge on any atom is 0.345 e. The number of hydrogen-bond donors (Lipinski definition) is 1. The normalized spacial score (nSPS) is 23.8. The number of rotatable bonds is 3. The summed E-state index contributed by atoms with van der Waals surface area (Å²) in [6.07, 6.45) is 0. The van der Waals surface area contributed by atoms with Crippen molar-refractivity contribution in [3.63, 3.8) is 0 Å². The van der Waals surface area contributed by atoms with E-state index in [9.17, 15) is 14.4 Å². The third-order valence-corrected chi connectivity index (χ3v) is 4.31. The Bertz CT molecular complexity index is 502. The highest BCUT2D eigenvalue weighted by Gasteiger charge is 2.42. The summed E-state index contributed by atoms with van der Waals surface area (Å²) < 4.78 is 0. The number of carbonyl (C=O) groups excluding carboxylic acids is 2. The third kappa shape index (κ3) is 2.03. The highest BCUT2D eigenvalue weighted by Crippen LogP contribution is 2.28. The first-order valence-electron chi connectivity index (χ1n) is 5.59. The number of likely N-dealkylation sites (tertiary alicyclic amines) is 1. The van der Waals surface area contributed by atoms with Crippen molar-refractivity contribution in [2.45, 2.75) is 20.4 Å². The van der Waals surface area contributed by atoms with Gasteiger partial charge in [0.25, 0.3) is 0 Å². The van der Waals surface area contributed by atoms with Crippen molar-refractivity contribution in [1.82, 2.24) is 4.90 Å². The van der Waals surface area contributed by atoms with Gasteiger partial charge in [-0.25, -0.2) is 4.79 Å². The van der Waals surface area contributed by atoms with Crippen molar-refractivity contribution < 1.29 is 19.5 Å². The molecule has 2 amide bonds. The zero-order valence-electron chi connectivity index (χ0n) is 10.0. The summed E-state index contributed by atoms with van der Waals surface area (Å²) in [6.45, 7) is 3.65. The first kappa shape index (κ1) is 12.8. The Balaban J connectivity index is 2.16. The topological polar surface area (TPSA) is 74.7 Å². The standard InChI is InChI=1S/C12H13NO4S/c1-6-7(2)11(15)13(10(6)14)5-8-3-4-9(18-8)12(16)17/h3-4,6-7H,5H2,1-2H3,(H,16,17). The average Bonchev–Trinajstić information content (AvgIpc) is 2.86. The van der Waals surface area contributed by atoms with Gasteiger partial charge in [0, 0.05) is 16.7 Å². The fourth-order valence-corrected chi connectivity index (χ4v) is 2.75. The molecule has 2 heterocycles. The molecule has 1 aromatic rings. The maximum atomic E-state index is 11.9. The van der Waals surface area contributed by atoms with Gasteiger partial charge in [0.2, 0.25) is 11.8 Å². The van der Waals surface area contributed by atoms with Crippen molar-refractivity contribution in [1.29, 1.82) is 0 Å². The van der Waals surface area contributed by atoms with E-state index in [1.807, 2.05) is 0 Å². The Morgan fingerprint density at radius 2 is 1.83 bits per heavy atom. The van der Waals surface area contributed by atoms with E-state index in [1.165, 1.54) is 11.0 Å². The van der Waals surface area contributed by atoms with Crippen LogP contribution in [0.3, 0.4) is 0 Å². The number of carbonyl (C=O) groups is 3. The van der Waals surface area contributed by atoms with E-state index < -0.39 is 5.97 Å². The van der Waals surface area contributed by atoms with Gasteiger partial charge in [-0.2, -0.15) is 0 Å². The number of imide groups is 1. The summed E-state index contributed by atoms with van der Waals surface area (Å²) in [4.78, 5) is 36.6. The van der Waals surface area contributed by atoms with Crippen molar-refractivity contribution in [3.8, 4) is 0 Å². The second kappa shape index (κ2) is 4.53. The molecule has 0 saturated carbocycles. The van der Waals surface area contributed by atoms with Crippen LogP contribution in [0.5, 0.6) is 0 Å². The van der Waals surface area contributed by atoms with Gasteiger partial charge in [-0.1, -0.05) is 13.8 Å². The fourth-order valence-electron chi connectivity index (χ4n) is 1.92. The van der Waals surface area contributed by atoms with Crippen LogP contribution in [0, 0.1) is 11.8 Å². The Hall–Kier alpha value is -1.69. The monoisotopic (exact) mass is 267 g/mol. The van der Waals surface area contributed by atoms with E-state index in [-0.39, 0.29) is 35.1 Å². The molecule has 1 N–H and O–H groups in total. The second-order valence-electron chi connectivity index (χ2n) is 4.41. The fraction of sp³-hybridized carbons (Fsp3) is 0.417. The van der Waals surface area contributed by atoms with Gasteiger partial charge >= 0.3 is 5.97 Å². The Morgan fingerprint density at radius 3 is 2.28 bits per heavy atom. The smallest absolute Gasteiger partial charge is 0.345 e. The molecule has 18 heavy (non-hydrogen) atoms. The molecule has 0 radical (unpaired) electrons. The molecule has 1 aromatic heterocycles. The van der Waals surface area contributed by atoms with Gasteiger partial charge < -0.3 is 5.11 Å². The zero-order chi connectivity index (χ0) is 13.4. The van der Waals surface area contributed by atoms with Crippen LogP contribution in [-0.4, -0.2) is 27.8 Å². The lowest BCUT2D eigenvalue weighted by molar-refractivity contribution is -0.140. The van der Waals surface area contributed by atoms with E-state index in [1.54, 1.807) is 19.9 Å². The highest BCUT2D eigenvalue weighted by atomic mass is 32.1. The summed E-state index contributed by atoms with van der Waals surface area (Å²) in [5, 5.41) is 8.81. The van der Waals surface area contributed by atoms with E-state index in [0.717, 1.165) is 11.3 Å². The van der Waals surface area contributed by atoms with E-state index in [2.05, 4.69) is 0 Å². The number of carboxylic acids is 1. The molecule has 5 nitrogen and oxygen atoms in total. The molecule has 0 spiro atoms. The minimum absolute atomic E-state index is 0.171. The number of amides is 2. The summed E-state index contributed by atoms with van der Waals surface area (Å²) >= 11 is 1.09. The molecule has 96 valence electrons. The number of carboxylic acid groups (broad SMARTS) is 1. The number of hydrogen-bond acceptors (Lipinski definition) is 4. The summed E-state index contributed by atoms with van der Waals surface area (Å²) in [5.41, 5.74) is 0. The predicted molar refractivity (Wildman–Crippen MR) is 65.2 cm³/mol. The molecule has 1 fully saturated rings. The van der Waals surface area contributed by atoms with Crippen LogP contribution in [-0.2, 0) is 16.1 Å². The van der Waals surface area contributed by atoms with Gasteiger partial charge in [0.05, 0.1) is 6.54 Å². The molecule has 1 aliphatic heterocycles. The van der Waals surface area contributed by atoms with Gasteiger partial charge in [0.15, 0.2) is 0 Å². The molecule has 1 aliphatic rings. The van der Waals surface area contributed by atoms with Crippen LogP contribution in [0.4, 0.5) is 0 Å². The van der Waals surface area contributed by atoms with Crippen LogP contribution < -0.4 is 0 Å². The van der Waals surface area contributed by atoms with Crippen LogP contribution in [0.2, 0.25) is 0 Å². The molecule has 0 bridgehead atoms. The summed E-state index contributed by atoms with van der Waals surface area (Å²) in [7, 11) is 0. The number of aromatic carboxylic acids is 1. The molecule has 0 aromatic carbocycles. The molecule has 2 unspecified atom stereocenters. The zero-order valence-corrected chi connectivity index (χ0v) is 10.9. The van der Waals surface area contributed by atoms with Crippen molar-refractivity contribution in [2.24, 2.45) is 11.8 Å². The quantitative estimate of drug-likeness (QED) is 0.844. The lowest BCUT2D eigenvalue weighted by Gasteiger charge is -2.12. The van der Waals surface area contributed by atoms with Crippen LogP contribution in [0.1, 0.15) is 28.4 Å². The SMILES string of the molecule is CC1C(=O)N(Cc2ccc(C(=O)O)s2)C(=O)C1C. The molecule has 1 saturated heterocycles. The van der Waals surface area contributed by atoms with Gasteiger partial charge in [-0.15, -0.1) is 11.3 Å². The third-order valence-electron chi connectivity index (χ3n) is 3.25. The predicted octanol–water partition coefficient (Wildman–Crippen LogP) is 1.59. The van der Waals surface area contributed by atoms with Crippen LogP contribution in [0.15, 0.2) is 12.1 Å². The van der Waals surface area contributed by atoms with Crippen molar-refractivity contribution >= 4 is 29.1 Å². The first-order chi connectivity index (χ1) is 8.41. The molecular formula is C12H13NO4S. The maximum absolute atomic E-state index is 11.9. The molecule has 2 atom stereocenters. The van der Waals surface area contributed by atoms with E-state index in [0.29, 0.717) is 4.88 Å². The molecule has 0 aliphatic carbocycles. The van der Waals surface area contributed by atoms with Gasteiger partial charge in [-0.05, 0) is 12.1 Å². The lowest BCUT2D eigenvalue weighted by atomic mass is 10.00. The van der Waals surface area contributed by atoms with Gasteiger partial charge in [-0.3, -0.25) is 14.5 Å². The van der Waals surface area contributed by atoms with Gasteiger partial charge in [0.1, 0.15) is 4.88 Å². The first-order valence-corrected chi connectivity index (χ1v) is 6.40. The Morgan fingerprint density at radius 1 is 1.28 bits per heavy atom. The summed E-state index contributed by atoms with van der Waals surface area (Å²) in [5.74, 6) is -1.95. The number of thiophene rings is 1. The lowest BCUT2D eigenvalue weighted by Crippen LogP contribution is -2.29. The average molecular weight is 267 g/mol. The number of nitrogens with zero attached hydrogens (tertiary/aromatic N) is 1. The van der Waals surface area contributed by atoms with Crippen LogP contribution in [0.25, 0.3) is 0 Å². The minimum Gasteiger partial charge on any atom is -0.477 e. The highest BCUT2D eigenvalue weighted by molar-refractivity contribution is 7.13. The largest absolute Gasteiger partial charge is 0.477 e. The van der Waals surface area contributed by atoms with Crippen LogP contribution >= 0.6 is 11.3 Å². The minimum atomic E-state index is -0.993. The molecule has 6 heteroatoms. The van der Waals surface area contributed by atoms with E-state index in [4.69, 9.17) is 5.11 Å². The van der Waals surface area contributed by atoms with E-state index >= 15 is 0 Å². The second-order valence-corrected chi connectivity index (χ2v) is 5.58. The Labute approximate surface area is 108 Å². The Kier molecular flexibility index (Phi) is 3.21. The van der Waals surface area contributed by atoms with Crippen molar-refractivity contribution in [2.75, 3.05) is 0 Å². The van der Waals surface area contributed by atoms with Crippen molar-refractivity contribution in [3.05, 3.63) is 21.9 Å². The summed E-state index contributed by atoms with van der Waals surface area (Å²) in [6, 6.07) is 3.13.